The summed E-state index contributed by atoms with van der Waals surface area (Å²) in [5.41, 5.74) is 2.51. The van der Waals surface area contributed by atoms with Crippen molar-refractivity contribution in [3.05, 3.63) is 29.6 Å². The summed E-state index contributed by atoms with van der Waals surface area (Å²) >= 11 is 0. The molecule has 0 aliphatic carbocycles. The van der Waals surface area contributed by atoms with Gasteiger partial charge in [0.25, 0.3) is 0 Å². The minimum absolute atomic E-state index is 0.625. The first kappa shape index (κ1) is 11.6. The predicted molar refractivity (Wildman–Crippen MR) is 67.4 cm³/mol. The van der Waals surface area contributed by atoms with Gasteiger partial charge in [0.15, 0.2) is 0 Å². The molecule has 2 heterocycles. The molecule has 0 N–H and O–H groups in total. The third-order valence-electron chi connectivity index (χ3n) is 3.48. The fourth-order valence-corrected chi connectivity index (χ4v) is 2.51. The van der Waals surface area contributed by atoms with E-state index in [1.54, 1.807) is 0 Å². The molecule has 1 aliphatic heterocycles. The molecule has 0 bridgehead atoms. The molecule has 0 amide bonds. The molecule has 2 rings (SSSR count). The van der Waals surface area contributed by atoms with Gasteiger partial charge in [-0.2, -0.15) is 0 Å². The van der Waals surface area contributed by atoms with Crippen LogP contribution in [-0.2, 0) is 0 Å². The Labute approximate surface area is 98.7 Å². The number of pyridine rings is 1. The molecule has 16 heavy (non-hydrogen) atoms. The summed E-state index contributed by atoms with van der Waals surface area (Å²) in [6, 6.07) is 5.00. The summed E-state index contributed by atoms with van der Waals surface area (Å²) in [7, 11) is 0. The second-order valence-electron chi connectivity index (χ2n) is 4.78. The molecule has 0 aromatic carbocycles. The lowest BCUT2D eigenvalue weighted by Gasteiger charge is -2.24. The van der Waals surface area contributed by atoms with Crippen molar-refractivity contribution in [2.45, 2.75) is 45.6 Å². The smallest absolute Gasteiger partial charge is 0.0372 e. The number of rotatable bonds is 4. The first-order valence-corrected chi connectivity index (χ1v) is 6.48. The summed E-state index contributed by atoms with van der Waals surface area (Å²) in [5, 5.41) is 0. The van der Waals surface area contributed by atoms with Crippen LogP contribution in [-0.4, -0.2) is 23.0 Å². The van der Waals surface area contributed by atoms with E-state index in [2.05, 4.69) is 35.1 Å². The highest BCUT2D eigenvalue weighted by atomic mass is 15.2. The fourth-order valence-electron chi connectivity index (χ4n) is 2.51. The highest BCUT2D eigenvalue weighted by Gasteiger charge is 2.25. The van der Waals surface area contributed by atoms with E-state index in [4.69, 9.17) is 0 Å². The molecule has 1 fully saturated rings. The minimum atomic E-state index is 0.625. The Morgan fingerprint density at radius 2 is 2.31 bits per heavy atom. The van der Waals surface area contributed by atoms with Gasteiger partial charge in [0.2, 0.25) is 0 Å². The molecule has 2 nitrogen and oxygen atoms in total. The molecule has 1 aliphatic rings. The largest absolute Gasteiger partial charge is 0.296 e. The van der Waals surface area contributed by atoms with E-state index in [0.717, 1.165) is 5.69 Å². The molecule has 1 atom stereocenters. The van der Waals surface area contributed by atoms with Gasteiger partial charge in [0.05, 0.1) is 0 Å². The quantitative estimate of drug-likeness (QED) is 0.770. The van der Waals surface area contributed by atoms with E-state index in [1.807, 2.05) is 6.92 Å². The van der Waals surface area contributed by atoms with Gasteiger partial charge < -0.3 is 0 Å². The highest BCUT2D eigenvalue weighted by Crippen LogP contribution is 2.31. The second-order valence-corrected chi connectivity index (χ2v) is 4.78. The van der Waals surface area contributed by atoms with E-state index < -0.39 is 0 Å². The Balaban J connectivity index is 2.04. The maximum Gasteiger partial charge on any atom is 0.0372 e. The second kappa shape index (κ2) is 5.44. The number of unbranched alkanes of at least 4 members (excludes halogenated alkanes) is 1. The Morgan fingerprint density at radius 1 is 1.44 bits per heavy atom. The van der Waals surface area contributed by atoms with Crippen LogP contribution in [0.4, 0.5) is 0 Å². The van der Waals surface area contributed by atoms with E-state index in [-0.39, 0.29) is 0 Å². The molecule has 0 radical (unpaired) electrons. The predicted octanol–water partition coefficient (Wildman–Crippen LogP) is 3.33. The summed E-state index contributed by atoms with van der Waals surface area (Å²) in [5.74, 6) is 0. The average Bonchev–Trinajstić information content (AvgIpc) is 2.75. The lowest BCUT2D eigenvalue weighted by atomic mass is 10.1. The van der Waals surface area contributed by atoms with Gasteiger partial charge in [-0.3, -0.25) is 9.88 Å². The molecule has 1 aromatic rings. The standard InChI is InChI=1S/C14H22N2/c1-3-4-9-16-10-5-6-14(16)13-8-7-12(2)15-11-13/h7-8,11,14H,3-6,9-10H2,1-2H3/t14-/m0/s1. The Kier molecular flexibility index (Phi) is 3.94. The molecule has 0 saturated carbocycles. The SMILES string of the molecule is CCCCN1CCC[C@H]1c1ccc(C)nc1. The maximum absolute atomic E-state index is 4.41. The van der Waals surface area contributed by atoms with Crippen molar-refractivity contribution in [3.8, 4) is 0 Å². The number of hydrogen-bond acceptors (Lipinski definition) is 2. The number of hydrogen-bond donors (Lipinski definition) is 0. The van der Waals surface area contributed by atoms with E-state index in [9.17, 15) is 0 Å². The van der Waals surface area contributed by atoms with Gasteiger partial charge in [-0.05, 0) is 50.9 Å². The summed E-state index contributed by atoms with van der Waals surface area (Å²) in [6.07, 6.45) is 7.30. The Morgan fingerprint density at radius 3 is 3.00 bits per heavy atom. The zero-order valence-electron chi connectivity index (χ0n) is 10.4. The Bertz CT molecular complexity index is 318. The van der Waals surface area contributed by atoms with Crippen molar-refractivity contribution >= 4 is 0 Å². The third-order valence-corrected chi connectivity index (χ3v) is 3.48. The van der Waals surface area contributed by atoms with Crippen molar-refractivity contribution in [3.63, 3.8) is 0 Å². The molecule has 88 valence electrons. The molecule has 1 aromatic heterocycles. The lowest BCUT2D eigenvalue weighted by Crippen LogP contribution is -2.24. The Hall–Kier alpha value is -0.890. The van der Waals surface area contributed by atoms with Crippen LogP contribution in [0.15, 0.2) is 18.3 Å². The van der Waals surface area contributed by atoms with Crippen LogP contribution in [0.1, 0.15) is 49.9 Å². The first-order chi connectivity index (χ1) is 7.81. The number of nitrogens with zero attached hydrogens (tertiary/aromatic N) is 2. The molecular weight excluding hydrogens is 196 g/mol. The topological polar surface area (TPSA) is 16.1 Å². The van der Waals surface area contributed by atoms with Gasteiger partial charge in [-0.15, -0.1) is 0 Å². The normalized spacial score (nSPS) is 21.5. The highest BCUT2D eigenvalue weighted by molar-refractivity contribution is 5.18. The van der Waals surface area contributed by atoms with Crippen molar-refractivity contribution in [1.82, 2.24) is 9.88 Å². The fraction of sp³-hybridized carbons (Fsp3) is 0.643. The van der Waals surface area contributed by atoms with Gasteiger partial charge in [-0.25, -0.2) is 0 Å². The monoisotopic (exact) mass is 218 g/mol. The van der Waals surface area contributed by atoms with Crippen LogP contribution >= 0.6 is 0 Å². The van der Waals surface area contributed by atoms with E-state index in [0.29, 0.717) is 6.04 Å². The maximum atomic E-state index is 4.41. The van der Waals surface area contributed by atoms with Gasteiger partial charge in [0, 0.05) is 17.9 Å². The van der Waals surface area contributed by atoms with Crippen LogP contribution in [0.5, 0.6) is 0 Å². The van der Waals surface area contributed by atoms with Crippen LogP contribution in [0.25, 0.3) is 0 Å². The molecule has 0 spiro atoms. The minimum Gasteiger partial charge on any atom is -0.296 e. The average molecular weight is 218 g/mol. The van der Waals surface area contributed by atoms with Crippen molar-refractivity contribution < 1.29 is 0 Å². The van der Waals surface area contributed by atoms with Crippen molar-refractivity contribution in [2.24, 2.45) is 0 Å². The van der Waals surface area contributed by atoms with Gasteiger partial charge in [0.1, 0.15) is 0 Å². The van der Waals surface area contributed by atoms with Crippen LogP contribution < -0.4 is 0 Å². The van der Waals surface area contributed by atoms with Crippen molar-refractivity contribution in [1.29, 1.82) is 0 Å². The van der Waals surface area contributed by atoms with E-state index >= 15 is 0 Å². The first-order valence-electron chi connectivity index (χ1n) is 6.48. The van der Waals surface area contributed by atoms with Gasteiger partial charge >= 0.3 is 0 Å². The van der Waals surface area contributed by atoms with Gasteiger partial charge in [-0.1, -0.05) is 19.4 Å². The van der Waals surface area contributed by atoms with Crippen LogP contribution in [0.2, 0.25) is 0 Å². The zero-order chi connectivity index (χ0) is 11.4. The summed E-state index contributed by atoms with van der Waals surface area (Å²) < 4.78 is 0. The third kappa shape index (κ3) is 2.62. The van der Waals surface area contributed by atoms with Crippen LogP contribution in [0, 0.1) is 6.92 Å². The number of aromatic nitrogens is 1. The summed E-state index contributed by atoms with van der Waals surface area (Å²) in [6.45, 7) is 6.82. The number of aryl methyl sites for hydroxylation is 1. The lowest BCUT2D eigenvalue weighted by molar-refractivity contribution is 0.253. The molecule has 2 heteroatoms. The molecule has 1 saturated heterocycles. The number of likely N-dealkylation sites (tertiary alicyclic amines) is 1. The zero-order valence-corrected chi connectivity index (χ0v) is 10.4. The molecular formula is C14H22N2. The van der Waals surface area contributed by atoms with Crippen molar-refractivity contribution in [2.75, 3.05) is 13.1 Å². The molecule has 0 unspecified atom stereocenters. The van der Waals surface area contributed by atoms with E-state index in [1.165, 1.54) is 44.3 Å². The summed E-state index contributed by atoms with van der Waals surface area (Å²) in [4.78, 5) is 7.03. The van der Waals surface area contributed by atoms with Crippen LogP contribution in [0.3, 0.4) is 0 Å².